The van der Waals surface area contributed by atoms with E-state index in [1.807, 2.05) is 0 Å². The largest absolute Gasteiger partial charge is 0.392 e. The number of carbonyl (C=O) groups is 1. The molecule has 18 heavy (non-hydrogen) atoms. The smallest absolute Gasteiger partial charge is 0.269 e. The molecule has 1 N–H and O–H groups in total. The molecule has 0 aliphatic carbocycles. The summed E-state index contributed by atoms with van der Waals surface area (Å²) in [6, 6.07) is 5.50. The van der Waals surface area contributed by atoms with E-state index < -0.39 is 11.0 Å². The number of aliphatic hydroxyl groups excluding tert-OH is 1. The topological polar surface area (TPSA) is 83.7 Å². The Morgan fingerprint density at radius 1 is 1.44 bits per heavy atom. The van der Waals surface area contributed by atoms with Gasteiger partial charge in [-0.25, -0.2) is 0 Å². The number of nitrogens with zero attached hydrogens (tertiary/aromatic N) is 2. The Morgan fingerprint density at radius 2 is 2.00 bits per heavy atom. The minimum atomic E-state index is -0.506. The van der Waals surface area contributed by atoms with Crippen molar-refractivity contribution in [1.29, 1.82) is 0 Å². The highest BCUT2D eigenvalue weighted by Crippen LogP contribution is 2.12. The second-order valence-electron chi connectivity index (χ2n) is 4.27. The van der Waals surface area contributed by atoms with Gasteiger partial charge in [0.1, 0.15) is 0 Å². The maximum absolute atomic E-state index is 11.8. The third kappa shape index (κ3) is 4.23. The van der Waals surface area contributed by atoms with Crippen LogP contribution >= 0.6 is 0 Å². The number of nitro groups is 1. The summed E-state index contributed by atoms with van der Waals surface area (Å²) in [6.07, 6.45) is -0.500. The fraction of sp³-hybridized carbons (Fsp3) is 0.417. The summed E-state index contributed by atoms with van der Waals surface area (Å²) in [7, 11) is 1.73. The maximum atomic E-state index is 11.8. The number of nitro benzene ring substituents is 1. The Balaban J connectivity index is 2.64. The fourth-order valence-electron chi connectivity index (χ4n) is 1.62. The molecule has 0 aromatic heterocycles. The summed E-state index contributed by atoms with van der Waals surface area (Å²) in [5.74, 6) is -0.131. The number of carbonyl (C=O) groups excluding carboxylic acids is 1. The molecule has 98 valence electrons. The summed E-state index contributed by atoms with van der Waals surface area (Å²) in [4.78, 5) is 23.5. The highest BCUT2D eigenvalue weighted by atomic mass is 16.6. The van der Waals surface area contributed by atoms with E-state index in [0.717, 1.165) is 0 Å². The first-order valence-corrected chi connectivity index (χ1v) is 5.54. The molecule has 0 aliphatic heterocycles. The lowest BCUT2D eigenvalue weighted by Crippen LogP contribution is -2.32. The fourth-order valence-corrected chi connectivity index (χ4v) is 1.62. The van der Waals surface area contributed by atoms with Gasteiger partial charge >= 0.3 is 0 Å². The highest BCUT2D eigenvalue weighted by molar-refractivity contribution is 5.97. The Bertz CT molecular complexity index is 428. The first kappa shape index (κ1) is 14.3. The van der Waals surface area contributed by atoms with Crippen LogP contribution in [0.3, 0.4) is 0 Å². The molecule has 1 rings (SSSR count). The van der Waals surface area contributed by atoms with E-state index in [4.69, 9.17) is 0 Å². The predicted molar refractivity (Wildman–Crippen MR) is 66.6 cm³/mol. The SMILES string of the molecule is CC(O)CN(C)CC(=O)c1ccc([N+](=O)[O-])cc1. The molecular formula is C12H16N2O4. The minimum absolute atomic E-state index is 0.0381. The van der Waals surface area contributed by atoms with Gasteiger partial charge in [0.05, 0.1) is 17.6 Å². The van der Waals surface area contributed by atoms with Crippen LogP contribution < -0.4 is 0 Å². The number of Topliss-reactive ketones (excluding diaryl/α,β-unsaturated/α-hetero) is 1. The summed E-state index contributed by atoms with van der Waals surface area (Å²) in [5, 5.41) is 19.6. The van der Waals surface area contributed by atoms with E-state index in [-0.39, 0.29) is 18.0 Å². The molecule has 0 fully saturated rings. The normalized spacial score (nSPS) is 12.4. The molecule has 6 nitrogen and oxygen atoms in total. The van der Waals surface area contributed by atoms with Crippen LogP contribution in [0.5, 0.6) is 0 Å². The maximum Gasteiger partial charge on any atom is 0.269 e. The molecule has 0 spiro atoms. The van der Waals surface area contributed by atoms with Crippen LogP contribution in [0.1, 0.15) is 17.3 Å². The molecule has 0 saturated carbocycles. The second-order valence-corrected chi connectivity index (χ2v) is 4.27. The molecule has 0 bridgehead atoms. The molecule has 0 amide bonds. The van der Waals surface area contributed by atoms with Crippen molar-refractivity contribution < 1.29 is 14.8 Å². The van der Waals surface area contributed by atoms with E-state index in [2.05, 4.69) is 0 Å². The van der Waals surface area contributed by atoms with E-state index in [1.54, 1.807) is 18.9 Å². The molecule has 1 aromatic rings. The van der Waals surface area contributed by atoms with Crippen molar-refractivity contribution in [3.8, 4) is 0 Å². The van der Waals surface area contributed by atoms with Gasteiger partial charge in [0.25, 0.3) is 5.69 Å². The quantitative estimate of drug-likeness (QED) is 0.465. The third-order valence-electron chi connectivity index (χ3n) is 2.39. The first-order valence-electron chi connectivity index (χ1n) is 5.54. The number of non-ortho nitro benzene ring substituents is 1. The average molecular weight is 252 g/mol. The standard InChI is InChI=1S/C12H16N2O4/c1-9(15)7-13(2)8-12(16)10-3-5-11(6-4-10)14(17)18/h3-6,9,15H,7-8H2,1-2H3. The van der Waals surface area contributed by atoms with Crippen molar-refractivity contribution in [2.24, 2.45) is 0 Å². The van der Waals surface area contributed by atoms with Crippen molar-refractivity contribution in [2.45, 2.75) is 13.0 Å². The first-order chi connectivity index (χ1) is 8.40. The monoisotopic (exact) mass is 252 g/mol. The van der Waals surface area contributed by atoms with Gasteiger partial charge in [-0.2, -0.15) is 0 Å². The number of hydrogen-bond donors (Lipinski definition) is 1. The third-order valence-corrected chi connectivity index (χ3v) is 2.39. The van der Waals surface area contributed by atoms with Gasteiger partial charge in [0.15, 0.2) is 5.78 Å². The Hall–Kier alpha value is -1.79. The van der Waals surface area contributed by atoms with Crippen LogP contribution in [0.15, 0.2) is 24.3 Å². The Morgan fingerprint density at radius 3 is 2.44 bits per heavy atom. The summed E-state index contributed by atoms with van der Waals surface area (Å²) in [6.45, 7) is 2.22. The van der Waals surface area contributed by atoms with Crippen LogP contribution in [0.4, 0.5) is 5.69 Å². The number of hydrogen-bond acceptors (Lipinski definition) is 5. The van der Waals surface area contributed by atoms with Crippen LogP contribution in [0.2, 0.25) is 0 Å². The lowest BCUT2D eigenvalue weighted by Gasteiger charge is -2.17. The number of benzene rings is 1. The predicted octanol–water partition coefficient (Wildman–Crippen LogP) is 1.09. The van der Waals surface area contributed by atoms with Crippen molar-refractivity contribution >= 4 is 11.5 Å². The van der Waals surface area contributed by atoms with Crippen LogP contribution in [0.25, 0.3) is 0 Å². The number of aliphatic hydroxyl groups is 1. The zero-order valence-corrected chi connectivity index (χ0v) is 10.4. The molecule has 1 atom stereocenters. The summed E-state index contributed by atoms with van der Waals surface area (Å²) in [5.41, 5.74) is 0.391. The van der Waals surface area contributed by atoms with Gasteiger partial charge in [0.2, 0.25) is 0 Å². The van der Waals surface area contributed by atoms with Crippen molar-refractivity contribution in [3.05, 3.63) is 39.9 Å². The Kier molecular flexibility index (Phi) is 4.94. The van der Waals surface area contributed by atoms with Crippen LogP contribution in [-0.2, 0) is 0 Å². The Labute approximate surface area is 105 Å². The summed E-state index contributed by atoms with van der Waals surface area (Å²) < 4.78 is 0. The number of ketones is 1. The van der Waals surface area contributed by atoms with Crippen molar-refractivity contribution in [1.82, 2.24) is 4.90 Å². The van der Waals surface area contributed by atoms with E-state index in [9.17, 15) is 20.0 Å². The minimum Gasteiger partial charge on any atom is -0.392 e. The summed E-state index contributed by atoms with van der Waals surface area (Å²) >= 11 is 0. The van der Waals surface area contributed by atoms with Crippen LogP contribution in [0, 0.1) is 10.1 Å². The van der Waals surface area contributed by atoms with Crippen molar-refractivity contribution in [2.75, 3.05) is 20.1 Å². The van der Waals surface area contributed by atoms with Gasteiger partial charge in [-0.05, 0) is 26.1 Å². The van der Waals surface area contributed by atoms with Crippen LogP contribution in [-0.4, -0.2) is 47.0 Å². The van der Waals surface area contributed by atoms with E-state index in [1.165, 1.54) is 24.3 Å². The van der Waals surface area contributed by atoms with Gasteiger partial charge in [-0.15, -0.1) is 0 Å². The lowest BCUT2D eigenvalue weighted by atomic mass is 10.1. The second kappa shape index (κ2) is 6.23. The van der Waals surface area contributed by atoms with Crippen molar-refractivity contribution in [3.63, 3.8) is 0 Å². The molecule has 1 unspecified atom stereocenters. The lowest BCUT2D eigenvalue weighted by molar-refractivity contribution is -0.384. The number of likely N-dealkylation sites (N-methyl/N-ethyl adjacent to an activating group) is 1. The highest BCUT2D eigenvalue weighted by Gasteiger charge is 2.12. The zero-order valence-electron chi connectivity index (χ0n) is 10.4. The zero-order chi connectivity index (χ0) is 13.7. The molecule has 0 radical (unpaired) electrons. The van der Waals surface area contributed by atoms with E-state index in [0.29, 0.717) is 12.1 Å². The molecular weight excluding hydrogens is 236 g/mol. The van der Waals surface area contributed by atoms with Gasteiger partial charge in [-0.1, -0.05) is 0 Å². The van der Waals surface area contributed by atoms with Gasteiger partial charge in [0, 0.05) is 24.2 Å². The molecule has 6 heteroatoms. The van der Waals surface area contributed by atoms with Gasteiger partial charge in [-0.3, -0.25) is 19.8 Å². The molecule has 1 aromatic carbocycles. The van der Waals surface area contributed by atoms with Gasteiger partial charge < -0.3 is 5.11 Å². The molecule has 0 heterocycles. The average Bonchev–Trinajstić information content (AvgIpc) is 2.27. The van der Waals surface area contributed by atoms with E-state index >= 15 is 0 Å². The molecule has 0 saturated heterocycles. The molecule has 0 aliphatic rings. The number of rotatable bonds is 6.